The number of hydrogen-bond donors (Lipinski definition) is 0. The zero-order chi connectivity index (χ0) is 32.0. The third-order valence-corrected chi connectivity index (χ3v) is 9.53. The van der Waals surface area contributed by atoms with E-state index in [1.807, 2.05) is 26.8 Å². The largest absolute Gasteiger partial charge is 0.439 e. The maximum atomic E-state index is 13.6. The molecule has 1 saturated carbocycles. The lowest BCUT2D eigenvalue weighted by Gasteiger charge is -2.36. The normalized spacial score (nSPS) is 19.9. The van der Waals surface area contributed by atoms with Crippen molar-refractivity contribution in [2.24, 2.45) is 0 Å². The molecule has 1 aliphatic heterocycles. The number of alkyl halides is 6. The molecule has 2 atom stereocenters. The molecule has 0 bridgehead atoms. The van der Waals surface area contributed by atoms with Crippen LogP contribution in [0.1, 0.15) is 85.0 Å². The molecule has 0 radical (unpaired) electrons. The van der Waals surface area contributed by atoms with E-state index < -0.39 is 41.7 Å². The number of carbonyl (C=O) groups excluding carboxylic acids is 1. The van der Waals surface area contributed by atoms with Gasteiger partial charge in [-0.05, 0) is 70.4 Å². The Balaban J connectivity index is 1.53. The van der Waals surface area contributed by atoms with Crippen LogP contribution in [0.5, 0.6) is 0 Å². The van der Waals surface area contributed by atoms with Crippen molar-refractivity contribution in [2.45, 2.75) is 96.9 Å². The van der Waals surface area contributed by atoms with Crippen molar-refractivity contribution in [3.05, 3.63) is 63.4 Å². The Bertz CT molecular complexity index is 1480. The van der Waals surface area contributed by atoms with Gasteiger partial charge in [0.1, 0.15) is 11.9 Å². The second-order valence-corrected chi connectivity index (χ2v) is 12.6. The third-order valence-electron chi connectivity index (χ3n) is 8.41. The maximum absolute atomic E-state index is 13.6. The molecule has 13 heteroatoms. The Hall–Kier alpha value is -3.35. The molecule has 0 spiro atoms. The predicted molar refractivity (Wildman–Crippen MR) is 155 cm³/mol. The molecule has 0 N–H and O–H groups in total. The quantitative estimate of drug-likeness (QED) is 0.241. The average molecular weight is 641 g/mol. The van der Waals surface area contributed by atoms with E-state index in [1.54, 1.807) is 13.1 Å². The number of anilines is 1. The van der Waals surface area contributed by atoms with Crippen LogP contribution >= 0.6 is 11.3 Å². The Morgan fingerprint density at radius 3 is 2.18 bits per heavy atom. The first-order valence-electron chi connectivity index (χ1n) is 14.6. The fourth-order valence-electron chi connectivity index (χ4n) is 6.26. The van der Waals surface area contributed by atoms with E-state index in [0.717, 1.165) is 46.8 Å². The van der Waals surface area contributed by atoms with Crippen LogP contribution in [-0.4, -0.2) is 39.6 Å². The number of nitrogens with zero attached hydrogens (tertiary/aromatic N) is 4. The number of pyridine rings is 1. The molecular formula is C31H34F6N4O2S. The van der Waals surface area contributed by atoms with Crippen molar-refractivity contribution < 1.29 is 35.9 Å². The summed E-state index contributed by atoms with van der Waals surface area (Å²) in [5, 5.41) is 0.888. The molecule has 44 heavy (non-hydrogen) atoms. The summed E-state index contributed by atoms with van der Waals surface area (Å²) in [4.78, 5) is 27.1. The summed E-state index contributed by atoms with van der Waals surface area (Å²) < 4.78 is 86.9. The Morgan fingerprint density at radius 1 is 1.00 bits per heavy atom. The zero-order valence-electron chi connectivity index (χ0n) is 24.8. The van der Waals surface area contributed by atoms with Crippen molar-refractivity contribution in [1.82, 2.24) is 14.9 Å². The molecular weight excluding hydrogens is 606 g/mol. The smallest absolute Gasteiger partial charge is 0.416 e. The van der Waals surface area contributed by atoms with Crippen LogP contribution < -0.4 is 4.90 Å². The molecule has 1 aromatic carbocycles. The van der Waals surface area contributed by atoms with Gasteiger partial charge in [0.05, 0.1) is 39.3 Å². The van der Waals surface area contributed by atoms with Gasteiger partial charge in [0.25, 0.3) is 0 Å². The minimum Gasteiger partial charge on any atom is -0.439 e. The lowest BCUT2D eigenvalue weighted by Crippen LogP contribution is -2.39. The van der Waals surface area contributed by atoms with E-state index in [4.69, 9.17) is 9.72 Å². The topological polar surface area (TPSA) is 58.6 Å². The van der Waals surface area contributed by atoms with E-state index in [2.05, 4.69) is 9.88 Å². The highest BCUT2D eigenvalue weighted by Gasteiger charge is 2.43. The second kappa shape index (κ2) is 12.2. The fraction of sp³-hybridized carbons (Fsp3) is 0.516. The lowest BCUT2D eigenvalue weighted by atomic mass is 9.93. The number of aryl methyl sites for hydroxylation is 2. The predicted octanol–water partition coefficient (Wildman–Crippen LogP) is 9.10. The van der Waals surface area contributed by atoms with Gasteiger partial charge in [-0.15, -0.1) is 11.3 Å². The molecule has 2 fully saturated rings. The van der Waals surface area contributed by atoms with Gasteiger partial charge in [-0.3, -0.25) is 4.90 Å². The number of halogens is 6. The Kier molecular flexibility index (Phi) is 8.90. The summed E-state index contributed by atoms with van der Waals surface area (Å²) in [5.41, 5.74) is -0.905. The van der Waals surface area contributed by atoms with E-state index in [9.17, 15) is 31.1 Å². The van der Waals surface area contributed by atoms with Gasteiger partial charge < -0.3 is 9.64 Å². The number of aromatic nitrogens is 2. The van der Waals surface area contributed by atoms with Crippen LogP contribution in [0.25, 0.3) is 10.4 Å². The average Bonchev–Trinajstić information content (AvgIpc) is 3.45. The van der Waals surface area contributed by atoms with Crippen molar-refractivity contribution >= 4 is 23.2 Å². The number of benzene rings is 1. The fourth-order valence-corrected chi connectivity index (χ4v) is 7.16. The monoisotopic (exact) mass is 640 g/mol. The minimum absolute atomic E-state index is 0.0117. The summed E-state index contributed by atoms with van der Waals surface area (Å²) >= 11 is 1.52. The molecule has 3 aromatic rings. The van der Waals surface area contributed by atoms with Crippen molar-refractivity contribution in [3.8, 4) is 10.4 Å². The van der Waals surface area contributed by atoms with Gasteiger partial charge in [0, 0.05) is 29.9 Å². The number of hydrogen-bond acceptors (Lipinski definition) is 6. The van der Waals surface area contributed by atoms with Gasteiger partial charge >= 0.3 is 18.4 Å². The number of ether oxygens (including phenoxy) is 1. The summed E-state index contributed by atoms with van der Waals surface area (Å²) in [5.74, 6) is 0.698. The summed E-state index contributed by atoms with van der Waals surface area (Å²) in [6.07, 6.45) is -5.02. The van der Waals surface area contributed by atoms with E-state index in [0.29, 0.717) is 30.1 Å². The first-order chi connectivity index (χ1) is 20.7. The molecule has 5 rings (SSSR count). The standard InChI is InChI=1S/C31H34F6N4O2S/c1-5-40(25-9-7-6-8-10-25)28-22(11-21(15-38-28)27-17(2)39-19(4)44-27)16-41-18(3)26(43-29(41)42)20-12-23(30(32,33)34)14-24(13-20)31(35,36)37/h11-15,18,25-26H,5-10,16H2,1-4H3/t18-,26?/m0/s1. The molecule has 2 aromatic heterocycles. The maximum Gasteiger partial charge on any atom is 0.416 e. The number of carbonyl (C=O) groups is 1. The molecule has 6 nitrogen and oxygen atoms in total. The minimum atomic E-state index is -5.02. The van der Waals surface area contributed by atoms with Crippen LogP contribution in [0.2, 0.25) is 0 Å². The van der Waals surface area contributed by atoms with Gasteiger partial charge in [0.15, 0.2) is 0 Å². The molecule has 1 aliphatic carbocycles. The van der Waals surface area contributed by atoms with E-state index in [-0.39, 0.29) is 24.2 Å². The molecule has 238 valence electrons. The van der Waals surface area contributed by atoms with Crippen LogP contribution in [0.4, 0.5) is 37.0 Å². The van der Waals surface area contributed by atoms with Crippen LogP contribution in [0.3, 0.4) is 0 Å². The SMILES string of the molecule is CCN(c1ncc(-c2sc(C)nc2C)cc1CN1C(=O)OC(c2cc(C(F)(F)F)cc(C(F)(F)F)c2)[C@@H]1C)C1CCCCC1. The first-order valence-corrected chi connectivity index (χ1v) is 15.5. The Labute approximate surface area is 256 Å². The van der Waals surface area contributed by atoms with E-state index >= 15 is 0 Å². The molecule has 2 aliphatic rings. The molecule has 1 saturated heterocycles. The second-order valence-electron chi connectivity index (χ2n) is 11.4. The van der Waals surface area contributed by atoms with Gasteiger partial charge in [-0.2, -0.15) is 26.3 Å². The van der Waals surface area contributed by atoms with E-state index in [1.165, 1.54) is 22.7 Å². The molecule has 1 unspecified atom stereocenters. The molecule has 1 amide bonds. The van der Waals surface area contributed by atoms with Crippen LogP contribution in [0.15, 0.2) is 30.5 Å². The highest BCUT2D eigenvalue weighted by Crippen LogP contribution is 2.42. The number of thiazole rings is 1. The number of rotatable bonds is 7. The summed E-state index contributed by atoms with van der Waals surface area (Å²) in [6, 6.07) is 2.67. The Morgan fingerprint density at radius 2 is 1.64 bits per heavy atom. The van der Waals surface area contributed by atoms with Crippen LogP contribution in [-0.2, 0) is 23.6 Å². The highest BCUT2D eigenvalue weighted by molar-refractivity contribution is 7.15. The number of amides is 1. The summed E-state index contributed by atoms with van der Waals surface area (Å²) in [7, 11) is 0. The van der Waals surface area contributed by atoms with Gasteiger partial charge in [-0.1, -0.05) is 19.3 Å². The lowest BCUT2D eigenvalue weighted by molar-refractivity contribution is -0.143. The van der Waals surface area contributed by atoms with Crippen molar-refractivity contribution in [3.63, 3.8) is 0 Å². The van der Waals surface area contributed by atoms with Crippen molar-refractivity contribution in [1.29, 1.82) is 0 Å². The zero-order valence-corrected chi connectivity index (χ0v) is 25.7. The number of cyclic esters (lactones) is 1. The summed E-state index contributed by atoms with van der Waals surface area (Å²) in [6.45, 7) is 8.11. The third kappa shape index (κ3) is 6.52. The van der Waals surface area contributed by atoms with Crippen molar-refractivity contribution in [2.75, 3.05) is 11.4 Å². The molecule has 3 heterocycles. The highest BCUT2D eigenvalue weighted by atomic mass is 32.1. The first kappa shape index (κ1) is 32.1. The van der Waals surface area contributed by atoms with Gasteiger partial charge in [-0.25, -0.2) is 14.8 Å². The van der Waals surface area contributed by atoms with Gasteiger partial charge in [0.2, 0.25) is 0 Å². The van der Waals surface area contributed by atoms with Crippen LogP contribution in [0, 0.1) is 13.8 Å².